The standard InChI is InChI=1S/C9H13NO3/c1-6(2)7-5-13-8(10-7)3-4-9(11)12/h5-6H,3-4H2,1-2H3,(H,11,12). The maximum absolute atomic E-state index is 10.2. The molecular formula is C9H13NO3. The van der Waals surface area contributed by atoms with Crippen molar-refractivity contribution >= 4 is 5.97 Å². The molecule has 0 saturated carbocycles. The van der Waals surface area contributed by atoms with E-state index in [-0.39, 0.29) is 6.42 Å². The van der Waals surface area contributed by atoms with E-state index in [0.29, 0.717) is 18.2 Å². The molecule has 1 aromatic heterocycles. The number of aryl methyl sites for hydroxylation is 1. The Hall–Kier alpha value is -1.32. The number of hydrogen-bond donors (Lipinski definition) is 1. The minimum absolute atomic E-state index is 0.0675. The normalized spacial score (nSPS) is 10.7. The lowest BCUT2D eigenvalue weighted by molar-refractivity contribution is -0.137. The quantitative estimate of drug-likeness (QED) is 0.773. The number of rotatable bonds is 4. The van der Waals surface area contributed by atoms with Crippen LogP contribution in [0.25, 0.3) is 0 Å². The van der Waals surface area contributed by atoms with Gasteiger partial charge in [-0.1, -0.05) is 13.8 Å². The number of carboxylic acids is 1. The summed E-state index contributed by atoms with van der Waals surface area (Å²) in [5.74, 6) is -0.00211. The summed E-state index contributed by atoms with van der Waals surface area (Å²) < 4.78 is 5.10. The summed E-state index contributed by atoms with van der Waals surface area (Å²) >= 11 is 0. The van der Waals surface area contributed by atoms with Crippen molar-refractivity contribution in [3.8, 4) is 0 Å². The summed E-state index contributed by atoms with van der Waals surface area (Å²) in [6, 6.07) is 0. The lowest BCUT2D eigenvalue weighted by Crippen LogP contribution is -1.98. The van der Waals surface area contributed by atoms with Crippen LogP contribution in [0.4, 0.5) is 0 Å². The third-order valence-electron chi connectivity index (χ3n) is 1.71. The minimum Gasteiger partial charge on any atom is -0.481 e. The molecule has 0 unspecified atom stereocenters. The fraction of sp³-hybridized carbons (Fsp3) is 0.556. The van der Waals surface area contributed by atoms with Crippen molar-refractivity contribution < 1.29 is 14.3 Å². The van der Waals surface area contributed by atoms with Gasteiger partial charge in [0.1, 0.15) is 6.26 Å². The molecule has 1 heterocycles. The molecule has 0 bridgehead atoms. The van der Waals surface area contributed by atoms with E-state index in [1.54, 1.807) is 6.26 Å². The Labute approximate surface area is 76.6 Å². The molecule has 4 nitrogen and oxygen atoms in total. The monoisotopic (exact) mass is 183 g/mol. The third-order valence-corrected chi connectivity index (χ3v) is 1.71. The average molecular weight is 183 g/mol. The molecule has 0 aliphatic carbocycles. The molecule has 72 valence electrons. The molecule has 1 aromatic rings. The number of oxazole rings is 1. The van der Waals surface area contributed by atoms with E-state index in [0.717, 1.165) is 5.69 Å². The second kappa shape index (κ2) is 4.07. The van der Waals surface area contributed by atoms with Crippen LogP contribution >= 0.6 is 0 Å². The van der Waals surface area contributed by atoms with Gasteiger partial charge in [0.05, 0.1) is 12.1 Å². The van der Waals surface area contributed by atoms with Gasteiger partial charge in [0.15, 0.2) is 5.89 Å². The van der Waals surface area contributed by atoms with Crippen LogP contribution in [0.1, 0.15) is 37.8 Å². The number of aromatic nitrogens is 1. The molecule has 0 aliphatic rings. The molecule has 0 aliphatic heterocycles. The molecule has 0 radical (unpaired) electrons. The average Bonchev–Trinajstić information content (AvgIpc) is 2.48. The van der Waals surface area contributed by atoms with Crippen LogP contribution in [0.5, 0.6) is 0 Å². The minimum atomic E-state index is -0.829. The van der Waals surface area contributed by atoms with Crippen molar-refractivity contribution in [2.45, 2.75) is 32.6 Å². The molecule has 0 fully saturated rings. The molecule has 4 heteroatoms. The van der Waals surface area contributed by atoms with Crippen LogP contribution in [0, 0.1) is 0 Å². The van der Waals surface area contributed by atoms with E-state index in [1.165, 1.54) is 0 Å². The molecule has 0 spiro atoms. The van der Waals surface area contributed by atoms with Gasteiger partial charge in [0.25, 0.3) is 0 Å². The van der Waals surface area contributed by atoms with E-state index >= 15 is 0 Å². The van der Waals surface area contributed by atoms with Gasteiger partial charge < -0.3 is 9.52 Å². The smallest absolute Gasteiger partial charge is 0.303 e. The van der Waals surface area contributed by atoms with Crippen molar-refractivity contribution in [2.75, 3.05) is 0 Å². The molecule has 0 atom stereocenters. The Balaban J connectivity index is 2.54. The van der Waals surface area contributed by atoms with Crippen molar-refractivity contribution in [1.29, 1.82) is 0 Å². The first-order valence-electron chi connectivity index (χ1n) is 4.25. The second-order valence-electron chi connectivity index (χ2n) is 3.21. The molecule has 0 amide bonds. The van der Waals surface area contributed by atoms with Gasteiger partial charge in [-0.2, -0.15) is 0 Å². The van der Waals surface area contributed by atoms with Crippen LogP contribution in [-0.2, 0) is 11.2 Å². The largest absolute Gasteiger partial charge is 0.481 e. The zero-order valence-electron chi connectivity index (χ0n) is 7.78. The maximum atomic E-state index is 10.2. The van der Waals surface area contributed by atoms with Gasteiger partial charge in [-0.25, -0.2) is 4.98 Å². The zero-order chi connectivity index (χ0) is 9.84. The topological polar surface area (TPSA) is 63.3 Å². The Kier molecular flexibility index (Phi) is 3.06. The lowest BCUT2D eigenvalue weighted by Gasteiger charge is -1.94. The summed E-state index contributed by atoms with van der Waals surface area (Å²) in [6.45, 7) is 4.03. The zero-order valence-corrected chi connectivity index (χ0v) is 7.78. The highest BCUT2D eigenvalue weighted by Crippen LogP contribution is 2.13. The molecule has 13 heavy (non-hydrogen) atoms. The summed E-state index contributed by atoms with van der Waals surface area (Å²) in [5.41, 5.74) is 0.875. The van der Waals surface area contributed by atoms with Crippen LogP contribution in [0.15, 0.2) is 10.7 Å². The van der Waals surface area contributed by atoms with E-state index in [2.05, 4.69) is 4.98 Å². The van der Waals surface area contributed by atoms with E-state index in [1.807, 2.05) is 13.8 Å². The van der Waals surface area contributed by atoms with Gasteiger partial charge >= 0.3 is 5.97 Å². The van der Waals surface area contributed by atoms with E-state index in [9.17, 15) is 4.79 Å². The molecule has 1 rings (SSSR count). The fourth-order valence-electron chi connectivity index (χ4n) is 0.919. The lowest BCUT2D eigenvalue weighted by atomic mass is 10.2. The van der Waals surface area contributed by atoms with Crippen LogP contribution in [-0.4, -0.2) is 16.1 Å². The summed E-state index contributed by atoms with van der Waals surface area (Å²) in [6.07, 6.45) is 2.02. The molecule has 0 aromatic carbocycles. The highest BCUT2D eigenvalue weighted by molar-refractivity contribution is 5.66. The Bertz CT molecular complexity index is 291. The van der Waals surface area contributed by atoms with E-state index < -0.39 is 5.97 Å². The van der Waals surface area contributed by atoms with Crippen molar-refractivity contribution in [2.24, 2.45) is 0 Å². The first kappa shape index (κ1) is 9.77. The predicted octanol–water partition coefficient (Wildman–Crippen LogP) is 1.82. The maximum Gasteiger partial charge on any atom is 0.303 e. The third kappa shape index (κ3) is 2.89. The van der Waals surface area contributed by atoms with Gasteiger partial charge in [-0.15, -0.1) is 0 Å². The summed E-state index contributed by atoms with van der Waals surface area (Å²) in [5, 5.41) is 8.42. The Morgan fingerprint density at radius 1 is 1.69 bits per heavy atom. The molecule has 0 saturated heterocycles. The molecule has 1 N–H and O–H groups in total. The Morgan fingerprint density at radius 3 is 2.85 bits per heavy atom. The van der Waals surface area contributed by atoms with Gasteiger partial charge in [-0.3, -0.25) is 4.79 Å². The molecular weight excluding hydrogens is 170 g/mol. The number of nitrogens with zero attached hydrogens (tertiary/aromatic N) is 1. The Morgan fingerprint density at radius 2 is 2.38 bits per heavy atom. The van der Waals surface area contributed by atoms with Crippen molar-refractivity contribution in [3.05, 3.63) is 17.8 Å². The van der Waals surface area contributed by atoms with Crippen molar-refractivity contribution in [3.63, 3.8) is 0 Å². The van der Waals surface area contributed by atoms with Gasteiger partial charge in [0, 0.05) is 6.42 Å². The van der Waals surface area contributed by atoms with E-state index in [4.69, 9.17) is 9.52 Å². The first-order chi connectivity index (χ1) is 6.09. The highest BCUT2D eigenvalue weighted by Gasteiger charge is 2.08. The van der Waals surface area contributed by atoms with Crippen LogP contribution in [0.3, 0.4) is 0 Å². The van der Waals surface area contributed by atoms with Crippen molar-refractivity contribution in [1.82, 2.24) is 4.98 Å². The summed E-state index contributed by atoms with van der Waals surface area (Å²) in [7, 11) is 0. The predicted molar refractivity (Wildman–Crippen MR) is 46.5 cm³/mol. The first-order valence-corrected chi connectivity index (χ1v) is 4.25. The number of aliphatic carboxylic acids is 1. The van der Waals surface area contributed by atoms with Crippen LogP contribution < -0.4 is 0 Å². The fourth-order valence-corrected chi connectivity index (χ4v) is 0.919. The number of hydrogen-bond acceptors (Lipinski definition) is 3. The summed E-state index contributed by atoms with van der Waals surface area (Å²) in [4.78, 5) is 14.4. The number of carbonyl (C=O) groups is 1. The SMILES string of the molecule is CC(C)c1coc(CCC(=O)O)n1. The second-order valence-corrected chi connectivity index (χ2v) is 3.21. The highest BCUT2D eigenvalue weighted by atomic mass is 16.4. The van der Waals surface area contributed by atoms with Gasteiger partial charge in [-0.05, 0) is 5.92 Å². The van der Waals surface area contributed by atoms with Crippen LogP contribution in [0.2, 0.25) is 0 Å². The van der Waals surface area contributed by atoms with Gasteiger partial charge in [0.2, 0.25) is 0 Å². The number of carboxylic acid groups (broad SMARTS) is 1.